The van der Waals surface area contributed by atoms with Gasteiger partial charge in [0.05, 0.1) is 0 Å². The number of rotatable bonds is 7. The maximum atomic E-state index is 13.2. The van der Waals surface area contributed by atoms with Crippen LogP contribution in [0.2, 0.25) is 0 Å². The van der Waals surface area contributed by atoms with Gasteiger partial charge in [-0.25, -0.2) is 4.39 Å². The lowest BCUT2D eigenvalue weighted by molar-refractivity contribution is 0.0947. The molecular weight excluding hydrogens is 381 g/mol. The van der Waals surface area contributed by atoms with E-state index in [-0.39, 0.29) is 11.7 Å². The lowest BCUT2D eigenvalue weighted by atomic mass is 10.00. The highest BCUT2D eigenvalue weighted by molar-refractivity contribution is 5.95. The van der Waals surface area contributed by atoms with Crippen molar-refractivity contribution < 1.29 is 9.18 Å². The van der Waals surface area contributed by atoms with Gasteiger partial charge >= 0.3 is 0 Å². The van der Waals surface area contributed by atoms with Gasteiger partial charge in [0, 0.05) is 36.5 Å². The molecule has 2 aromatic heterocycles. The van der Waals surface area contributed by atoms with Gasteiger partial charge in [0.1, 0.15) is 5.82 Å². The second-order valence-electron chi connectivity index (χ2n) is 7.88. The van der Waals surface area contributed by atoms with Gasteiger partial charge in [0.25, 0.3) is 5.91 Å². The first kappa shape index (κ1) is 20.5. The largest absolute Gasteiger partial charge is 0.352 e. The molecule has 1 fully saturated rings. The molecule has 1 saturated heterocycles. The number of carbonyl (C=O) groups is 1. The van der Waals surface area contributed by atoms with Gasteiger partial charge in [-0.2, -0.15) is 0 Å². The first-order valence-corrected chi connectivity index (χ1v) is 10.8. The van der Waals surface area contributed by atoms with Crippen molar-refractivity contribution in [3.63, 3.8) is 0 Å². The minimum Gasteiger partial charge on any atom is -0.352 e. The minimum atomic E-state index is -0.294. The van der Waals surface area contributed by atoms with Crippen molar-refractivity contribution >= 4 is 11.6 Å². The Balaban J connectivity index is 1.35. The summed E-state index contributed by atoms with van der Waals surface area (Å²) >= 11 is 0. The summed E-state index contributed by atoms with van der Waals surface area (Å²) in [5.74, 6) is 0.218. The van der Waals surface area contributed by atoms with Crippen LogP contribution in [0.3, 0.4) is 0 Å². The summed E-state index contributed by atoms with van der Waals surface area (Å²) < 4.78 is 15.0. The standard InChI is InChI=1S/C23H28FN5O/c1-2-20-6-3-4-13-28(20)14-5-12-25-23(30)18-11-15-29-21(16-18)26-27-22(29)17-7-9-19(24)10-8-17/h7-11,15-16,20H,2-6,12-14H2,1H3,(H,25,30). The summed E-state index contributed by atoms with van der Waals surface area (Å²) in [7, 11) is 0. The van der Waals surface area contributed by atoms with Gasteiger partial charge in [0.2, 0.25) is 0 Å². The van der Waals surface area contributed by atoms with Crippen LogP contribution in [0.15, 0.2) is 42.6 Å². The van der Waals surface area contributed by atoms with E-state index in [1.54, 1.807) is 34.9 Å². The number of halogens is 1. The van der Waals surface area contributed by atoms with Crippen molar-refractivity contribution in [3.8, 4) is 11.4 Å². The molecule has 1 N–H and O–H groups in total. The highest BCUT2D eigenvalue weighted by Gasteiger charge is 2.20. The second kappa shape index (κ2) is 9.34. The number of hydrogen-bond acceptors (Lipinski definition) is 4. The van der Waals surface area contributed by atoms with Gasteiger partial charge in [-0.1, -0.05) is 13.3 Å². The molecule has 1 atom stereocenters. The smallest absolute Gasteiger partial charge is 0.251 e. The summed E-state index contributed by atoms with van der Waals surface area (Å²) in [4.78, 5) is 15.1. The molecule has 4 rings (SSSR count). The molecule has 1 amide bonds. The Hall–Kier alpha value is -2.80. The average Bonchev–Trinajstić information content (AvgIpc) is 3.20. The Morgan fingerprint density at radius 2 is 2.03 bits per heavy atom. The first-order valence-electron chi connectivity index (χ1n) is 10.8. The highest BCUT2D eigenvalue weighted by Crippen LogP contribution is 2.20. The predicted octanol–water partition coefficient (Wildman–Crippen LogP) is 3.92. The van der Waals surface area contributed by atoms with Crippen molar-refractivity contribution in [3.05, 3.63) is 54.0 Å². The number of piperidine rings is 1. The van der Waals surface area contributed by atoms with Crippen LogP contribution in [0.5, 0.6) is 0 Å². The third-order valence-corrected chi connectivity index (χ3v) is 5.90. The summed E-state index contributed by atoms with van der Waals surface area (Å²) in [6, 6.07) is 10.3. The van der Waals surface area contributed by atoms with Crippen LogP contribution in [0.1, 0.15) is 49.4 Å². The molecule has 1 aliphatic rings. The third-order valence-electron chi connectivity index (χ3n) is 5.90. The molecule has 0 bridgehead atoms. The Labute approximate surface area is 176 Å². The first-order chi connectivity index (χ1) is 14.7. The molecule has 3 heterocycles. The topological polar surface area (TPSA) is 62.5 Å². The fourth-order valence-electron chi connectivity index (χ4n) is 4.23. The zero-order valence-corrected chi connectivity index (χ0v) is 17.4. The number of nitrogens with one attached hydrogen (secondary N) is 1. The normalized spacial score (nSPS) is 17.3. The van der Waals surface area contributed by atoms with Crippen molar-refractivity contribution in [2.45, 2.75) is 45.1 Å². The molecule has 158 valence electrons. The van der Waals surface area contributed by atoms with E-state index < -0.39 is 0 Å². The van der Waals surface area contributed by atoms with Crippen LogP contribution in [0.25, 0.3) is 17.0 Å². The molecule has 6 nitrogen and oxygen atoms in total. The Morgan fingerprint density at radius 3 is 2.83 bits per heavy atom. The number of likely N-dealkylation sites (tertiary alicyclic amines) is 1. The molecule has 1 unspecified atom stereocenters. The number of nitrogens with zero attached hydrogens (tertiary/aromatic N) is 4. The lowest BCUT2D eigenvalue weighted by Gasteiger charge is -2.35. The van der Waals surface area contributed by atoms with Gasteiger partial charge in [-0.3, -0.25) is 9.20 Å². The van der Waals surface area contributed by atoms with Gasteiger partial charge < -0.3 is 10.2 Å². The van der Waals surface area contributed by atoms with Gasteiger partial charge in [-0.15, -0.1) is 10.2 Å². The van der Waals surface area contributed by atoms with Crippen LogP contribution in [0, 0.1) is 5.82 Å². The maximum Gasteiger partial charge on any atom is 0.251 e. The van der Waals surface area contributed by atoms with Gasteiger partial charge in [-0.05, 0) is 68.6 Å². The summed E-state index contributed by atoms with van der Waals surface area (Å²) in [6.45, 7) is 5.12. The zero-order chi connectivity index (χ0) is 20.9. The monoisotopic (exact) mass is 409 g/mol. The van der Waals surface area contributed by atoms with Crippen molar-refractivity contribution in [1.29, 1.82) is 0 Å². The average molecular weight is 410 g/mol. The molecule has 3 aromatic rings. The fraction of sp³-hybridized carbons (Fsp3) is 0.435. The molecule has 0 spiro atoms. The molecule has 0 radical (unpaired) electrons. The van der Waals surface area contributed by atoms with E-state index in [9.17, 15) is 9.18 Å². The highest BCUT2D eigenvalue weighted by atomic mass is 19.1. The second-order valence-corrected chi connectivity index (χ2v) is 7.88. The SMILES string of the molecule is CCC1CCCCN1CCCNC(=O)c1ccn2c(-c3ccc(F)cc3)nnc2c1. The van der Waals surface area contributed by atoms with Gasteiger partial charge in [0.15, 0.2) is 11.5 Å². The number of benzene rings is 1. The molecular formula is C23H28FN5O. The predicted molar refractivity (Wildman–Crippen MR) is 115 cm³/mol. The Kier molecular flexibility index (Phi) is 6.38. The van der Waals surface area contributed by atoms with E-state index in [0.717, 1.165) is 18.5 Å². The number of amides is 1. The number of pyridine rings is 1. The third kappa shape index (κ3) is 4.51. The quantitative estimate of drug-likeness (QED) is 0.601. The minimum absolute atomic E-state index is 0.102. The number of fused-ring (bicyclic) bond motifs is 1. The molecule has 7 heteroatoms. The number of hydrogen-bond donors (Lipinski definition) is 1. The fourth-order valence-corrected chi connectivity index (χ4v) is 4.23. The Bertz CT molecular complexity index is 1000. The molecule has 0 aliphatic carbocycles. The van der Waals surface area contributed by atoms with E-state index >= 15 is 0 Å². The van der Waals surface area contributed by atoms with Crippen LogP contribution in [0.4, 0.5) is 4.39 Å². The van der Waals surface area contributed by atoms with Crippen LogP contribution in [-0.4, -0.2) is 51.1 Å². The van der Waals surface area contributed by atoms with E-state index in [2.05, 4.69) is 27.3 Å². The molecule has 30 heavy (non-hydrogen) atoms. The maximum absolute atomic E-state index is 13.2. The Morgan fingerprint density at radius 1 is 1.20 bits per heavy atom. The summed E-state index contributed by atoms with van der Waals surface area (Å²) in [6.07, 6.45) is 7.83. The van der Waals surface area contributed by atoms with E-state index in [4.69, 9.17) is 0 Å². The number of carbonyl (C=O) groups excluding carboxylic acids is 1. The van der Waals surface area contributed by atoms with Crippen LogP contribution in [-0.2, 0) is 0 Å². The number of aromatic nitrogens is 3. The summed E-state index contributed by atoms with van der Waals surface area (Å²) in [5, 5.41) is 11.4. The molecule has 1 aromatic carbocycles. The van der Waals surface area contributed by atoms with Crippen molar-refractivity contribution in [1.82, 2.24) is 24.8 Å². The van der Waals surface area contributed by atoms with Crippen molar-refractivity contribution in [2.75, 3.05) is 19.6 Å². The molecule has 1 aliphatic heterocycles. The summed E-state index contributed by atoms with van der Waals surface area (Å²) in [5.41, 5.74) is 1.91. The van der Waals surface area contributed by atoms with Crippen molar-refractivity contribution in [2.24, 2.45) is 0 Å². The van der Waals surface area contributed by atoms with Crippen LogP contribution >= 0.6 is 0 Å². The van der Waals surface area contributed by atoms with Crippen LogP contribution < -0.4 is 5.32 Å². The van der Waals surface area contributed by atoms with E-state index in [1.807, 2.05) is 0 Å². The van der Waals surface area contributed by atoms with E-state index in [1.165, 1.54) is 44.4 Å². The molecule has 0 saturated carbocycles. The van der Waals surface area contributed by atoms with E-state index in [0.29, 0.717) is 29.6 Å². The lowest BCUT2D eigenvalue weighted by Crippen LogP contribution is -2.40. The zero-order valence-electron chi connectivity index (χ0n) is 17.4.